The molecule has 0 bridgehead atoms. The summed E-state index contributed by atoms with van der Waals surface area (Å²) in [6.45, 7) is 4.11. The number of hydrogen-bond acceptors (Lipinski definition) is 2. The van der Waals surface area contributed by atoms with Gasteiger partial charge < -0.3 is 5.11 Å². The predicted molar refractivity (Wildman–Crippen MR) is 77.5 cm³/mol. The van der Waals surface area contributed by atoms with E-state index in [9.17, 15) is 9.90 Å². The lowest BCUT2D eigenvalue weighted by Gasteiger charge is -2.10. The number of benzene rings is 2. The number of nitrogens with zero attached hydrogens (tertiary/aromatic N) is 2. The lowest BCUT2D eigenvalue weighted by molar-refractivity contribution is 0.0699. The lowest BCUT2D eigenvalue weighted by atomic mass is 10.1. The fourth-order valence-corrected chi connectivity index (χ4v) is 2.40. The van der Waals surface area contributed by atoms with E-state index in [2.05, 4.69) is 24.9 Å². The van der Waals surface area contributed by atoms with Crippen LogP contribution in [0.5, 0.6) is 0 Å². The van der Waals surface area contributed by atoms with Crippen molar-refractivity contribution < 1.29 is 9.90 Å². The number of aromatic carboxylic acids is 1. The van der Waals surface area contributed by atoms with E-state index in [1.807, 2.05) is 22.8 Å². The maximum absolute atomic E-state index is 11.2. The summed E-state index contributed by atoms with van der Waals surface area (Å²) in [7, 11) is 0. The van der Waals surface area contributed by atoms with Crippen molar-refractivity contribution in [3.8, 4) is 5.69 Å². The molecule has 1 heterocycles. The normalized spacial score (nSPS) is 10.9. The van der Waals surface area contributed by atoms with Crippen molar-refractivity contribution in [1.29, 1.82) is 0 Å². The number of carboxylic acids is 1. The smallest absolute Gasteiger partial charge is 0.337 e. The fourth-order valence-electron chi connectivity index (χ4n) is 2.40. The highest BCUT2D eigenvalue weighted by Crippen LogP contribution is 2.24. The summed E-state index contributed by atoms with van der Waals surface area (Å²) in [5.74, 6) is -0.957. The van der Waals surface area contributed by atoms with Crippen molar-refractivity contribution in [2.45, 2.75) is 13.8 Å². The van der Waals surface area contributed by atoms with E-state index in [0.29, 0.717) is 5.52 Å². The molecule has 0 atom stereocenters. The van der Waals surface area contributed by atoms with Crippen LogP contribution in [0.4, 0.5) is 0 Å². The van der Waals surface area contributed by atoms with Gasteiger partial charge in [-0.25, -0.2) is 9.78 Å². The Morgan fingerprint density at radius 2 is 1.90 bits per heavy atom. The van der Waals surface area contributed by atoms with E-state index in [0.717, 1.165) is 16.8 Å². The van der Waals surface area contributed by atoms with Gasteiger partial charge in [-0.05, 0) is 43.2 Å². The Morgan fingerprint density at radius 1 is 1.15 bits per heavy atom. The van der Waals surface area contributed by atoms with Crippen molar-refractivity contribution >= 4 is 17.0 Å². The molecule has 0 aliphatic carbocycles. The van der Waals surface area contributed by atoms with Gasteiger partial charge in [-0.1, -0.05) is 18.2 Å². The molecule has 0 saturated carbocycles. The first-order valence-corrected chi connectivity index (χ1v) is 6.35. The van der Waals surface area contributed by atoms with Gasteiger partial charge in [-0.15, -0.1) is 0 Å². The molecule has 0 unspecified atom stereocenters. The number of para-hydroxylation sites is 1. The Bertz CT molecular complexity index is 818. The second-order valence-electron chi connectivity index (χ2n) is 4.81. The van der Waals surface area contributed by atoms with Crippen molar-refractivity contribution in [1.82, 2.24) is 9.55 Å². The summed E-state index contributed by atoms with van der Waals surface area (Å²) in [6.07, 6.45) is 1.68. The molecule has 20 heavy (non-hydrogen) atoms. The van der Waals surface area contributed by atoms with E-state index < -0.39 is 5.97 Å². The Labute approximate surface area is 116 Å². The zero-order valence-corrected chi connectivity index (χ0v) is 11.3. The highest BCUT2D eigenvalue weighted by molar-refractivity contribution is 6.01. The molecule has 100 valence electrons. The van der Waals surface area contributed by atoms with E-state index in [1.165, 1.54) is 5.56 Å². The molecule has 1 aromatic heterocycles. The number of hydrogen-bond donors (Lipinski definition) is 1. The van der Waals surface area contributed by atoms with Crippen LogP contribution in [0.3, 0.4) is 0 Å². The first kappa shape index (κ1) is 12.4. The molecule has 0 aliphatic heterocycles. The summed E-state index contributed by atoms with van der Waals surface area (Å²) in [5, 5.41) is 9.21. The van der Waals surface area contributed by atoms with E-state index >= 15 is 0 Å². The van der Waals surface area contributed by atoms with E-state index in [4.69, 9.17) is 0 Å². The second-order valence-corrected chi connectivity index (χ2v) is 4.81. The molecule has 3 aromatic rings. The molecule has 0 aliphatic rings. The lowest BCUT2D eigenvalue weighted by Crippen LogP contribution is -1.99. The minimum absolute atomic E-state index is 0.228. The van der Waals surface area contributed by atoms with Gasteiger partial charge in [0.25, 0.3) is 0 Å². The van der Waals surface area contributed by atoms with Gasteiger partial charge in [0.2, 0.25) is 0 Å². The SMILES string of the molecule is Cc1cccc(-n2cnc3c(C(=O)O)cccc32)c1C. The molecule has 4 heteroatoms. The van der Waals surface area contributed by atoms with Gasteiger partial charge in [-0.3, -0.25) is 4.57 Å². The zero-order chi connectivity index (χ0) is 14.3. The summed E-state index contributed by atoms with van der Waals surface area (Å²) >= 11 is 0. The van der Waals surface area contributed by atoms with E-state index in [1.54, 1.807) is 18.5 Å². The highest BCUT2D eigenvalue weighted by Gasteiger charge is 2.14. The standard InChI is InChI=1S/C16H14N2O2/c1-10-5-3-7-13(11(10)2)18-9-17-15-12(16(19)20)6-4-8-14(15)18/h3-9H,1-2H3,(H,19,20). The predicted octanol–water partition coefficient (Wildman–Crippen LogP) is 3.34. The maximum atomic E-state index is 11.2. The van der Waals surface area contributed by atoms with Crippen LogP contribution in [0.2, 0.25) is 0 Å². The highest BCUT2D eigenvalue weighted by atomic mass is 16.4. The Kier molecular flexibility index (Phi) is 2.79. The number of imidazole rings is 1. The molecule has 0 amide bonds. The third-order valence-electron chi connectivity index (χ3n) is 3.64. The molecule has 0 fully saturated rings. The van der Waals surface area contributed by atoms with Gasteiger partial charge in [-0.2, -0.15) is 0 Å². The van der Waals surface area contributed by atoms with Crippen molar-refractivity contribution in [2.24, 2.45) is 0 Å². The van der Waals surface area contributed by atoms with Crippen LogP contribution < -0.4 is 0 Å². The summed E-state index contributed by atoms with van der Waals surface area (Å²) in [4.78, 5) is 15.5. The first-order chi connectivity index (χ1) is 9.59. The Morgan fingerprint density at radius 3 is 2.65 bits per heavy atom. The molecule has 0 saturated heterocycles. The number of aryl methyl sites for hydroxylation is 1. The van der Waals surface area contributed by atoms with Gasteiger partial charge in [0.1, 0.15) is 11.8 Å². The van der Waals surface area contributed by atoms with Crippen LogP contribution in [0.25, 0.3) is 16.7 Å². The van der Waals surface area contributed by atoms with Crippen molar-refractivity contribution in [3.05, 3.63) is 59.4 Å². The molecule has 1 N–H and O–H groups in total. The van der Waals surface area contributed by atoms with Crippen LogP contribution in [-0.4, -0.2) is 20.6 Å². The fraction of sp³-hybridized carbons (Fsp3) is 0.125. The van der Waals surface area contributed by atoms with Gasteiger partial charge in [0, 0.05) is 0 Å². The number of fused-ring (bicyclic) bond motifs is 1. The Balaban J connectivity index is 2.31. The summed E-state index contributed by atoms with van der Waals surface area (Å²) in [6, 6.07) is 11.3. The summed E-state index contributed by atoms with van der Waals surface area (Å²) < 4.78 is 1.93. The zero-order valence-electron chi connectivity index (χ0n) is 11.3. The molecule has 0 spiro atoms. The quantitative estimate of drug-likeness (QED) is 0.774. The summed E-state index contributed by atoms with van der Waals surface area (Å²) in [5.41, 5.74) is 4.92. The average Bonchev–Trinajstić information content (AvgIpc) is 2.85. The van der Waals surface area contributed by atoms with Gasteiger partial charge >= 0.3 is 5.97 Å². The number of carbonyl (C=O) groups is 1. The minimum Gasteiger partial charge on any atom is -0.478 e. The molecule has 4 nitrogen and oxygen atoms in total. The second kappa shape index (κ2) is 4.49. The number of carboxylic acid groups (broad SMARTS) is 1. The largest absolute Gasteiger partial charge is 0.478 e. The minimum atomic E-state index is -0.957. The molecule has 2 aromatic carbocycles. The third kappa shape index (κ3) is 1.77. The van der Waals surface area contributed by atoms with Gasteiger partial charge in [0.15, 0.2) is 0 Å². The number of aromatic nitrogens is 2. The average molecular weight is 266 g/mol. The Hall–Kier alpha value is -2.62. The first-order valence-electron chi connectivity index (χ1n) is 6.35. The van der Waals surface area contributed by atoms with E-state index in [-0.39, 0.29) is 5.56 Å². The maximum Gasteiger partial charge on any atom is 0.337 e. The molecular formula is C16H14N2O2. The molecular weight excluding hydrogens is 252 g/mol. The van der Waals surface area contributed by atoms with Crippen LogP contribution in [-0.2, 0) is 0 Å². The third-order valence-corrected chi connectivity index (χ3v) is 3.64. The van der Waals surface area contributed by atoms with Crippen molar-refractivity contribution in [2.75, 3.05) is 0 Å². The van der Waals surface area contributed by atoms with Crippen LogP contribution in [0.15, 0.2) is 42.7 Å². The van der Waals surface area contributed by atoms with Crippen molar-refractivity contribution in [3.63, 3.8) is 0 Å². The van der Waals surface area contributed by atoms with Crippen LogP contribution in [0, 0.1) is 13.8 Å². The van der Waals surface area contributed by atoms with Crippen LogP contribution >= 0.6 is 0 Å². The monoisotopic (exact) mass is 266 g/mol. The molecule has 3 rings (SSSR count). The van der Waals surface area contributed by atoms with Gasteiger partial charge in [0.05, 0.1) is 16.8 Å². The van der Waals surface area contributed by atoms with Crippen LogP contribution in [0.1, 0.15) is 21.5 Å². The molecule has 0 radical (unpaired) electrons. The topological polar surface area (TPSA) is 55.1 Å². The number of rotatable bonds is 2.